The van der Waals surface area contributed by atoms with Crippen molar-refractivity contribution in [1.82, 2.24) is 9.55 Å². The number of ether oxygens (including phenoxy) is 1. The van der Waals surface area contributed by atoms with E-state index in [1.54, 1.807) is 4.57 Å². The maximum absolute atomic E-state index is 5.44. The van der Waals surface area contributed by atoms with Crippen molar-refractivity contribution in [2.24, 2.45) is 5.73 Å². The molecule has 0 radical (unpaired) electrons. The predicted molar refractivity (Wildman–Crippen MR) is 42.3 cm³/mol. The molecule has 4 nitrogen and oxygen atoms in total. The van der Waals surface area contributed by atoms with E-state index in [1.165, 1.54) is 0 Å². The molecule has 2 N–H and O–H groups in total. The quantitative estimate of drug-likeness (QED) is 0.691. The molecule has 0 aliphatic rings. The van der Waals surface area contributed by atoms with Crippen LogP contribution >= 0.6 is 0 Å². The second-order valence-electron chi connectivity index (χ2n) is 2.25. The Labute approximate surface area is 66.0 Å². The molecule has 1 aromatic heterocycles. The Kier molecular flexibility index (Phi) is 2.48. The Balaban J connectivity index is 2.83. The zero-order valence-electron chi connectivity index (χ0n) is 6.87. The van der Waals surface area contributed by atoms with Gasteiger partial charge in [-0.05, 0) is 13.8 Å². The second-order valence-corrected chi connectivity index (χ2v) is 2.25. The van der Waals surface area contributed by atoms with Crippen molar-refractivity contribution in [3.63, 3.8) is 0 Å². The normalized spacial score (nSPS) is 10.1. The van der Waals surface area contributed by atoms with E-state index in [9.17, 15) is 0 Å². The molecule has 0 fully saturated rings. The van der Waals surface area contributed by atoms with Crippen LogP contribution in [0.2, 0.25) is 0 Å². The molecule has 62 valence electrons. The van der Waals surface area contributed by atoms with Gasteiger partial charge in [0.15, 0.2) is 0 Å². The Bertz CT molecular complexity index is 232. The monoisotopic (exact) mass is 155 g/mol. The third-order valence-corrected chi connectivity index (χ3v) is 1.33. The van der Waals surface area contributed by atoms with Crippen molar-refractivity contribution in [3.05, 3.63) is 11.9 Å². The van der Waals surface area contributed by atoms with Gasteiger partial charge in [-0.2, -0.15) is 0 Å². The van der Waals surface area contributed by atoms with Crippen molar-refractivity contribution < 1.29 is 4.74 Å². The molecule has 0 unspecified atom stereocenters. The zero-order valence-corrected chi connectivity index (χ0v) is 6.87. The summed E-state index contributed by atoms with van der Waals surface area (Å²) in [7, 11) is 0. The van der Waals surface area contributed by atoms with E-state index < -0.39 is 0 Å². The van der Waals surface area contributed by atoms with Crippen molar-refractivity contribution in [1.29, 1.82) is 0 Å². The highest BCUT2D eigenvalue weighted by Gasteiger charge is 2.02. The molecule has 1 heterocycles. The number of rotatable bonds is 3. The molecular formula is C7H13N3O. The van der Waals surface area contributed by atoms with Gasteiger partial charge in [-0.1, -0.05) is 0 Å². The molecule has 1 rings (SSSR count). The van der Waals surface area contributed by atoms with Crippen LogP contribution < -0.4 is 10.5 Å². The Hall–Kier alpha value is -1.03. The first-order valence-corrected chi connectivity index (χ1v) is 3.64. The molecule has 0 aromatic carbocycles. The number of aryl methyl sites for hydroxylation is 1. The van der Waals surface area contributed by atoms with Crippen molar-refractivity contribution in [2.45, 2.75) is 20.5 Å². The van der Waals surface area contributed by atoms with Crippen LogP contribution in [0.15, 0.2) is 6.20 Å². The van der Waals surface area contributed by atoms with Crippen LogP contribution in [0.4, 0.5) is 0 Å². The molecule has 11 heavy (non-hydrogen) atoms. The summed E-state index contributed by atoms with van der Waals surface area (Å²) < 4.78 is 7.00. The summed E-state index contributed by atoms with van der Waals surface area (Å²) in [5, 5.41) is 0. The number of imidazole rings is 1. The van der Waals surface area contributed by atoms with Crippen LogP contribution in [0.1, 0.15) is 12.6 Å². The fourth-order valence-corrected chi connectivity index (χ4v) is 0.900. The SMILES string of the molecule is CCOc1nc(C)cn1CN. The summed E-state index contributed by atoms with van der Waals surface area (Å²) in [5.41, 5.74) is 6.37. The standard InChI is InChI=1S/C7H13N3O/c1-3-11-7-9-6(2)4-10(7)5-8/h4H,3,5,8H2,1-2H3. The molecular weight excluding hydrogens is 142 g/mol. The minimum atomic E-state index is 0.413. The minimum Gasteiger partial charge on any atom is -0.465 e. The van der Waals surface area contributed by atoms with Gasteiger partial charge < -0.3 is 10.5 Å². The van der Waals surface area contributed by atoms with Crippen LogP contribution in [-0.4, -0.2) is 16.2 Å². The van der Waals surface area contributed by atoms with Gasteiger partial charge >= 0.3 is 0 Å². The highest BCUT2D eigenvalue weighted by Crippen LogP contribution is 2.08. The van der Waals surface area contributed by atoms with Crippen LogP contribution in [0, 0.1) is 6.92 Å². The van der Waals surface area contributed by atoms with Gasteiger partial charge in [-0.25, -0.2) is 4.98 Å². The summed E-state index contributed by atoms with van der Waals surface area (Å²) in [5.74, 6) is 0. The second kappa shape index (κ2) is 3.39. The zero-order chi connectivity index (χ0) is 8.27. The van der Waals surface area contributed by atoms with Gasteiger partial charge in [0.1, 0.15) is 0 Å². The first kappa shape index (κ1) is 8.07. The largest absolute Gasteiger partial charge is 0.465 e. The van der Waals surface area contributed by atoms with E-state index in [-0.39, 0.29) is 0 Å². The lowest BCUT2D eigenvalue weighted by molar-refractivity contribution is 0.297. The van der Waals surface area contributed by atoms with E-state index in [0.717, 1.165) is 5.69 Å². The van der Waals surface area contributed by atoms with E-state index in [1.807, 2.05) is 20.0 Å². The maximum Gasteiger partial charge on any atom is 0.297 e. The predicted octanol–water partition coefficient (Wildman–Crippen LogP) is 0.506. The fourth-order valence-electron chi connectivity index (χ4n) is 0.900. The van der Waals surface area contributed by atoms with Gasteiger partial charge in [0.2, 0.25) is 0 Å². The van der Waals surface area contributed by atoms with E-state index in [4.69, 9.17) is 10.5 Å². The van der Waals surface area contributed by atoms with Gasteiger partial charge in [-0.3, -0.25) is 4.57 Å². The molecule has 0 aliphatic heterocycles. The first-order valence-electron chi connectivity index (χ1n) is 3.64. The summed E-state index contributed by atoms with van der Waals surface area (Å²) in [6.45, 7) is 4.87. The Morgan fingerprint density at radius 1 is 1.73 bits per heavy atom. The molecule has 1 aromatic rings. The first-order chi connectivity index (χ1) is 5.27. The molecule has 4 heteroatoms. The number of hydrogen-bond acceptors (Lipinski definition) is 3. The minimum absolute atomic E-state index is 0.413. The van der Waals surface area contributed by atoms with Gasteiger partial charge in [0.05, 0.1) is 19.0 Å². The van der Waals surface area contributed by atoms with E-state index in [2.05, 4.69) is 4.98 Å². The van der Waals surface area contributed by atoms with Crippen LogP contribution in [0.3, 0.4) is 0 Å². The average Bonchev–Trinajstić information content (AvgIpc) is 2.32. The van der Waals surface area contributed by atoms with Crippen molar-refractivity contribution in [2.75, 3.05) is 6.61 Å². The lowest BCUT2D eigenvalue weighted by Crippen LogP contribution is -2.08. The van der Waals surface area contributed by atoms with Crippen LogP contribution in [-0.2, 0) is 6.67 Å². The summed E-state index contributed by atoms with van der Waals surface area (Å²) >= 11 is 0. The van der Waals surface area contributed by atoms with Crippen LogP contribution in [0.25, 0.3) is 0 Å². The van der Waals surface area contributed by atoms with Crippen LogP contribution in [0.5, 0.6) is 6.01 Å². The topological polar surface area (TPSA) is 53.1 Å². The molecule has 0 saturated carbocycles. The Morgan fingerprint density at radius 3 is 3.00 bits per heavy atom. The van der Waals surface area contributed by atoms with Gasteiger partial charge in [0, 0.05) is 6.20 Å². The number of nitrogens with zero attached hydrogens (tertiary/aromatic N) is 2. The average molecular weight is 155 g/mol. The number of aromatic nitrogens is 2. The summed E-state index contributed by atoms with van der Waals surface area (Å²) in [4.78, 5) is 4.13. The third-order valence-electron chi connectivity index (χ3n) is 1.33. The lowest BCUT2D eigenvalue weighted by atomic mass is 10.6. The van der Waals surface area contributed by atoms with Crippen molar-refractivity contribution in [3.8, 4) is 6.01 Å². The molecule has 0 saturated heterocycles. The lowest BCUT2D eigenvalue weighted by Gasteiger charge is -2.02. The van der Waals surface area contributed by atoms with E-state index in [0.29, 0.717) is 19.3 Å². The molecule has 0 spiro atoms. The molecule has 0 aliphatic carbocycles. The summed E-state index contributed by atoms with van der Waals surface area (Å²) in [6.07, 6.45) is 1.87. The molecule has 0 amide bonds. The van der Waals surface area contributed by atoms with Gasteiger partial charge in [-0.15, -0.1) is 0 Å². The number of nitrogens with two attached hydrogens (primary N) is 1. The smallest absolute Gasteiger partial charge is 0.297 e. The fraction of sp³-hybridized carbons (Fsp3) is 0.571. The Morgan fingerprint density at radius 2 is 2.45 bits per heavy atom. The molecule has 0 atom stereocenters. The van der Waals surface area contributed by atoms with Crippen molar-refractivity contribution >= 4 is 0 Å². The van der Waals surface area contributed by atoms with Gasteiger partial charge in [0.25, 0.3) is 6.01 Å². The summed E-state index contributed by atoms with van der Waals surface area (Å²) in [6, 6.07) is 0.604. The maximum atomic E-state index is 5.44. The van der Waals surface area contributed by atoms with E-state index >= 15 is 0 Å². The number of hydrogen-bond donors (Lipinski definition) is 1. The third kappa shape index (κ3) is 1.71. The molecule has 0 bridgehead atoms. The highest BCUT2D eigenvalue weighted by atomic mass is 16.5. The highest BCUT2D eigenvalue weighted by molar-refractivity contribution is 5.06.